The third-order valence-corrected chi connectivity index (χ3v) is 6.61. The lowest BCUT2D eigenvalue weighted by Crippen LogP contribution is -2.30. The zero-order chi connectivity index (χ0) is 20.9. The van der Waals surface area contributed by atoms with E-state index in [1.807, 2.05) is 0 Å². The maximum Gasteiger partial charge on any atom is 0.243 e. The van der Waals surface area contributed by atoms with Gasteiger partial charge >= 0.3 is 0 Å². The van der Waals surface area contributed by atoms with Crippen molar-refractivity contribution < 1.29 is 13.2 Å². The van der Waals surface area contributed by atoms with Crippen LogP contribution in [0.2, 0.25) is 0 Å². The maximum absolute atomic E-state index is 12.7. The van der Waals surface area contributed by atoms with Gasteiger partial charge in [-0.15, -0.1) is 5.10 Å². The Labute approximate surface area is 169 Å². The molecule has 0 aliphatic rings. The predicted octanol–water partition coefficient (Wildman–Crippen LogP) is 2.28. The fourth-order valence-electron chi connectivity index (χ4n) is 3.04. The summed E-state index contributed by atoms with van der Waals surface area (Å²) in [6.45, 7) is 4.93. The molecule has 0 saturated carbocycles. The first-order chi connectivity index (χ1) is 14.0. The molecule has 9 nitrogen and oxygen atoms in total. The topological polar surface area (TPSA) is 110 Å². The Hall–Kier alpha value is -2.85. The van der Waals surface area contributed by atoms with Gasteiger partial charge in [-0.3, -0.25) is 9.78 Å². The molecule has 0 aliphatic heterocycles. The molecule has 0 atom stereocenters. The van der Waals surface area contributed by atoms with Crippen molar-refractivity contribution in [3.05, 3.63) is 42.7 Å². The second-order valence-corrected chi connectivity index (χ2v) is 8.38. The van der Waals surface area contributed by atoms with Gasteiger partial charge in [0.05, 0.1) is 10.4 Å². The number of sulfonamides is 1. The number of pyridine rings is 1. The Bertz CT molecular complexity index is 1080. The summed E-state index contributed by atoms with van der Waals surface area (Å²) >= 11 is 0. The van der Waals surface area contributed by atoms with Crippen LogP contribution in [0.25, 0.3) is 11.0 Å². The molecule has 3 rings (SSSR count). The van der Waals surface area contributed by atoms with Crippen molar-refractivity contribution in [2.75, 3.05) is 18.4 Å². The van der Waals surface area contributed by atoms with Crippen LogP contribution in [0.4, 0.5) is 5.69 Å². The lowest BCUT2D eigenvalue weighted by Gasteiger charge is -2.18. The van der Waals surface area contributed by atoms with E-state index in [0.717, 1.165) is 5.52 Å². The van der Waals surface area contributed by atoms with Gasteiger partial charge in [-0.05, 0) is 36.8 Å². The van der Waals surface area contributed by atoms with Crippen LogP contribution in [-0.2, 0) is 21.4 Å². The molecule has 154 valence electrons. The lowest BCUT2D eigenvalue weighted by molar-refractivity contribution is -0.116. The van der Waals surface area contributed by atoms with Gasteiger partial charge in [0.15, 0.2) is 0 Å². The number of rotatable bonds is 9. The maximum atomic E-state index is 12.7. The van der Waals surface area contributed by atoms with Crippen molar-refractivity contribution >= 4 is 32.7 Å². The second-order valence-electron chi connectivity index (χ2n) is 6.44. The molecule has 0 fully saturated rings. The van der Waals surface area contributed by atoms with Crippen molar-refractivity contribution in [1.29, 1.82) is 0 Å². The van der Waals surface area contributed by atoms with E-state index in [1.54, 1.807) is 61.3 Å². The van der Waals surface area contributed by atoms with Crippen LogP contribution in [0.15, 0.2) is 47.6 Å². The molecule has 29 heavy (non-hydrogen) atoms. The molecule has 0 radical (unpaired) electrons. The van der Waals surface area contributed by atoms with Crippen LogP contribution in [0, 0.1) is 0 Å². The minimum atomic E-state index is -3.54. The number of hydrogen-bond acceptors (Lipinski definition) is 6. The van der Waals surface area contributed by atoms with Gasteiger partial charge in [0.25, 0.3) is 0 Å². The van der Waals surface area contributed by atoms with E-state index >= 15 is 0 Å². The van der Waals surface area contributed by atoms with Crippen LogP contribution in [-0.4, -0.2) is 51.7 Å². The van der Waals surface area contributed by atoms with Gasteiger partial charge in [0.2, 0.25) is 15.9 Å². The number of benzene rings is 1. The van der Waals surface area contributed by atoms with Gasteiger partial charge in [-0.25, -0.2) is 13.1 Å². The zero-order valence-corrected chi connectivity index (χ0v) is 17.3. The van der Waals surface area contributed by atoms with Crippen molar-refractivity contribution in [1.82, 2.24) is 24.3 Å². The van der Waals surface area contributed by atoms with Crippen LogP contribution in [0.3, 0.4) is 0 Å². The summed E-state index contributed by atoms with van der Waals surface area (Å²) in [4.78, 5) is 16.1. The average molecular weight is 417 g/mol. The molecule has 0 saturated heterocycles. The summed E-state index contributed by atoms with van der Waals surface area (Å²) in [6, 6.07) is 8.29. The molecule has 0 aliphatic carbocycles. The van der Waals surface area contributed by atoms with Crippen molar-refractivity contribution in [3.63, 3.8) is 0 Å². The monoisotopic (exact) mass is 416 g/mol. The first-order valence-corrected chi connectivity index (χ1v) is 10.9. The normalized spacial score (nSPS) is 11.8. The number of aromatic nitrogens is 4. The Morgan fingerprint density at radius 1 is 1.14 bits per heavy atom. The smallest absolute Gasteiger partial charge is 0.243 e. The molecule has 1 aromatic carbocycles. The summed E-state index contributed by atoms with van der Waals surface area (Å²) in [5.74, 6) is -0.0896. The summed E-state index contributed by atoms with van der Waals surface area (Å²) in [6.07, 6.45) is 4.14. The molecule has 2 aromatic heterocycles. The highest BCUT2D eigenvalue weighted by Crippen LogP contribution is 2.21. The molecular weight excluding hydrogens is 392 g/mol. The summed E-state index contributed by atoms with van der Waals surface area (Å²) in [5, 5.41) is 11.0. The summed E-state index contributed by atoms with van der Waals surface area (Å²) < 4.78 is 28.4. The summed E-state index contributed by atoms with van der Waals surface area (Å²) in [5.41, 5.74) is 1.95. The van der Waals surface area contributed by atoms with Crippen LogP contribution < -0.4 is 5.32 Å². The Balaban J connectivity index is 1.65. The van der Waals surface area contributed by atoms with E-state index in [0.29, 0.717) is 43.7 Å². The van der Waals surface area contributed by atoms with Gasteiger partial charge in [0, 0.05) is 44.1 Å². The summed E-state index contributed by atoms with van der Waals surface area (Å²) in [7, 11) is -3.54. The van der Waals surface area contributed by atoms with Crippen LogP contribution in [0.1, 0.15) is 26.7 Å². The van der Waals surface area contributed by atoms with E-state index in [4.69, 9.17) is 0 Å². The molecular formula is C19H24N6O3S. The molecule has 1 amide bonds. The standard InChI is InChI=1S/C19H24N6O3S/c1-3-24(4-2)29(27,28)16-7-8-18-17(14-16)22-23-25(18)13-5-6-19(26)21-15-9-11-20-12-10-15/h7-12,14H,3-6,13H2,1-2H3,(H,20,21,26). The largest absolute Gasteiger partial charge is 0.326 e. The van der Waals surface area contributed by atoms with Crippen LogP contribution >= 0.6 is 0 Å². The highest BCUT2D eigenvalue weighted by atomic mass is 32.2. The lowest BCUT2D eigenvalue weighted by atomic mass is 10.2. The Morgan fingerprint density at radius 3 is 2.55 bits per heavy atom. The van der Waals surface area contributed by atoms with Crippen molar-refractivity contribution in [3.8, 4) is 0 Å². The van der Waals surface area contributed by atoms with E-state index in [1.165, 1.54) is 4.31 Å². The van der Waals surface area contributed by atoms with Crippen LogP contribution in [0.5, 0.6) is 0 Å². The molecule has 2 heterocycles. The van der Waals surface area contributed by atoms with E-state index in [-0.39, 0.29) is 10.8 Å². The zero-order valence-electron chi connectivity index (χ0n) is 16.4. The highest BCUT2D eigenvalue weighted by Gasteiger charge is 2.22. The number of nitrogens with zero attached hydrogens (tertiary/aromatic N) is 5. The first-order valence-electron chi connectivity index (χ1n) is 9.49. The van der Waals surface area contributed by atoms with Gasteiger partial charge in [-0.1, -0.05) is 19.1 Å². The molecule has 1 N–H and O–H groups in total. The van der Waals surface area contributed by atoms with Crippen molar-refractivity contribution in [2.45, 2.75) is 38.1 Å². The van der Waals surface area contributed by atoms with Gasteiger partial charge in [-0.2, -0.15) is 4.31 Å². The number of fused-ring (bicyclic) bond motifs is 1. The highest BCUT2D eigenvalue weighted by molar-refractivity contribution is 7.89. The van der Waals surface area contributed by atoms with E-state index < -0.39 is 10.0 Å². The Kier molecular flexibility index (Phi) is 6.55. The Morgan fingerprint density at radius 2 is 1.86 bits per heavy atom. The minimum absolute atomic E-state index is 0.0896. The molecule has 0 bridgehead atoms. The number of hydrogen-bond donors (Lipinski definition) is 1. The third-order valence-electron chi connectivity index (χ3n) is 4.57. The predicted molar refractivity (Wildman–Crippen MR) is 110 cm³/mol. The fourth-order valence-corrected chi connectivity index (χ4v) is 4.52. The molecule has 10 heteroatoms. The SMILES string of the molecule is CCN(CC)S(=O)(=O)c1ccc2c(c1)nnn2CCCC(=O)Nc1ccncc1. The quantitative estimate of drug-likeness (QED) is 0.573. The third kappa shape index (κ3) is 4.77. The molecule has 3 aromatic rings. The molecule has 0 spiro atoms. The van der Waals surface area contributed by atoms with Gasteiger partial charge in [0.1, 0.15) is 5.52 Å². The number of aryl methyl sites for hydroxylation is 1. The minimum Gasteiger partial charge on any atom is -0.326 e. The van der Waals surface area contributed by atoms with Crippen molar-refractivity contribution in [2.24, 2.45) is 0 Å². The number of nitrogens with one attached hydrogen (secondary N) is 1. The van der Waals surface area contributed by atoms with E-state index in [2.05, 4.69) is 20.6 Å². The van der Waals surface area contributed by atoms with E-state index in [9.17, 15) is 13.2 Å². The average Bonchev–Trinajstić information content (AvgIpc) is 3.12. The number of carbonyl (C=O) groups excluding carboxylic acids is 1. The fraction of sp³-hybridized carbons (Fsp3) is 0.368. The molecule has 0 unspecified atom stereocenters. The number of anilines is 1. The second kappa shape index (κ2) is 9.10. The number of amides is 1. The first kappa shape index (κ1) is 20.9. The van der Waals surface area contributed by atoms with Gasteiger partial charge < -0.3 is 5.32 Å². The number of carbonyl (C=O) groups is 1.